The number of carbonyl (C=O) groups excluding carboxylic acids is 1. The normalized spacial score (nSPS) is 22.8. The standard InChI is InChI=1S/C11H16N2O3S/c1-12-5-3-2-4-7-10(11(15)16)13-8(14)6-9(13)17-7/h9,12H,2-6H2,1H3,(H,15,16)/t9-/m0/s1. The van der Waals surface area contributed by atoms with E-state index in [4.69, 9.17) is 5.11 Å². The molecule has 1 saturated heterocycles. The fourth-order valence-corrected chi connectivity index (χ4v) is 3.53. The number of carbonyl (C=O) groups is 2. The summed E-state index contributed by atoms with van der Waals surface area (Å²) >= 11 is 1.54. The number of amides is 1. The molecule has 0 aromatic heterocycles. The van der Waals surface area contributed by atoms with Crippen LogP contribution in [0.4, 0.5) is 0 Å². The fourth-order valence-electron chi connectivity index (χ4n) is 2.09. The van der Waals surface area contributed by atoms with Crippen LogP contribution in [0.15, 0.2) is 10.6 Å². The predicted molar refractivity (Wildman–Crippen MR) is 65.3 cm³/mol. The van der Waals surface area contributed by atoms with Crippen molar-refractivity contribution in [2.45, 2.75) is 31.1 Å². The summed E-state index contributed by atoms with van der Waals surface area (Å²) in [6.45, 7) is 0.937. The van der Waals surface area contributed by atoms with E-state index < -0.39 is 5.97 Å². The third kappa shape index (κ3) is 2.32. The average molecular weight is 256 g/mol. The monoisotopic (exact) mass is 256 g/mol. The second kappa shape index (κ2) is 5.10. The van der Waals surface area contributed by atoms with E-state index in [1.165, 1.54) is 4.90 Å². The van der Waals surface area contributed by atoms with E-state index >= 15 is 0 Å². The maximum atomic E-state index is 11.4. The van der Waals surface area contributed by atoms with Gasteiger partial charge in [0.1, 0.15) is 5.70 Å². The summed E-state index contributed by atoms with van der Waals surface area (Å²) in [6.07, 6.45) is 3.20. The quantitative estimate of drug-likeness (QED) is 0.547. The van der Waals surface area contributed by atoms with Gasteiger partial charge in [-0.05, 0) is 32.9 Å². The van der Waals surface area contributed by atoms with Crippen LogP contribution in [0, 0.1) is 0 Å². The summed E-state index contributed by atoms with van der Waals surface area (Å²) in [5, 5.41) is 12.3. The predicted octanol–water partition coefficient (Wildman–Crippen LogP) is 0.977. The Morgan fingerprint density at radius 3 is 2.94 bits per heavy atom. The SMILES string of the molecule is CNCCCCC1=C(C(=O)O)N2C(=O)C[C@@H]2S1. The molecule has 2 aliphatic rings. The van der Waals surface area contributed by atoms with Crippen LogP contribution in [0.25, 0.3) is 0 Å². The Kier molecular flexibility index (Phi) is 3.73. The number of fused-ring (bicyclic) bond motifs is 1. The highest BCUT2D eigenvalue weighted by Gasteiger charge is 2.47. The van der Waals surface area contributed by atoms with Gasteiger partial charge in [-0.25, -0.2) is 4.79 Å². The van der Waals surface area contributed by atoms with Crippen molar-refractivity contribution in [2.24, 2.45) is 0 Å². The number of thioether (sulfide) groups is 1. The maximum absolute atomic E-state index is 11.4. The number of carboxylic acids is 1. The second-order valence-corrected chi connectivity index (χ2v) is 5.45. The molecule has 94 valence electrons. The molecule has 0 radical (unpaired) electrons. The second-order valence-electron chi connectivity index (χ2n) is 4.18. The first-order valence-electron chi connectivity index (χ1n) is 5.75. The van der Waals surface area contributed by atoms with Crippen LogP contribution in [0.1, 0.15) is 25.7 Å². The van der Waals surface area contributed by atoms with Gasteiger partial charge in [0.25, 0.3) is 0 Å². The van der Waals surface area contributed by atoms with Crippen molar-refractivity contribution >= 4 is 23.6 Å². The molecule has 0 aromatic rings. The lowest BCUT2D eigenvalue weighted by molar-refractivity contribution is -0.145. The highest BCUT2D eigenvalue weighted by molar-refractivity contribution is 8.04. The zero-order valence-corrected chi connectivity index (χ0v) is 10.5. The van der Waals surface area contributed by atoms with Crippen molar-refractivity contribution in [3.05, 3.63) is 10.6 Å². The van der Waals surface area contributed by atoms with Crippen LogP contribution in [-0.4, -0.2) is 40.8 Å². The van der Waals surface area contributed by atoms with E-state index in [0.717, 1.165) is 30.7 Å². The summed E-state index contributed by atoms with van der Waals surface area (Å²) < 4.78 is 0. The minimum absolute atomic E-state index is 0.0490. The van der Waals surface area contributed by atoms with Crippen LogP contribution in [0.2, 0.25) is 0 Å². The molecule has 0 spiro atoms. The van der Waals surface area contributed by atoms with Crippen LogP contribution >= 0.6 is 11.8 Å². The molecule has 5 nitrogen and oxygen atoms in total. The van der Waals surface area contributed by atoms with E-state index in [1.54, 1.807) is 11.8 Å². The van der Waals surface area contributed by atoms with Crippen LogP contribution in [0.5, 0.6) is 0 Å². The van der Waals surface area contributed by atoms with Crippen molar-refractivity contribution < 1.29 is 14.7 Å². The molecule has 0 bridgehead atoms. The molecule has 0 aliphatic carbocycles. The van der Waals surface area contributed by atoms with Crippen molar-refractivity contribution in [1.82, 2.24) is 10.2 Å². The molecule has 2 rings (SSSR count). The number of hydrogen-bond acceptors (Lipinski definition) is 4. The maximum Gasteiger partial charge on any atom is 0.353 e. The Hall–Kier alpha value is -1.01. The van der Waals surface area contributed by atoms with Crippen molar-refractivity contribution in [1.29, 1.82) is 0 Å². The van der Waals surface area contributed by atoms with Crippen LogP contribution in [-0.2, 0) is 9.59 Å². The van der Waals surface area contributed by atoms with Gasteiger partial charge in [-0.3, -0.25) is 9.69 Å². The zero-order chi connectivity index (χ0) is 12.4. The molecule has 17 heavy (non-hydrogen) atoms. The first-order chi connectivity index (χ1) is 8.15. The number of allylic oxidation sites excluding steroid dienone is 1. The van der Waals surface area contributed by atoms with Gasteiger partial charge in [-0.15, -0.1) is 11.8 Å². The number of β-lactam (4-membered cyclic amide) rings is 1. The Balaban J connectivity index is 1.99. The highest BCUT2D eigenvalue weighted by atomic mass is 32.2. The lowest BCUT2D eigenvalue weighted by Crippen LogP contribution is -2.48. The number of aliphatic carboxylic acids is 1. The lowest BCUT2D eigenvalue weighted by Gasteiger charge is -2.33. The van der Waals surface area contributed by atoms with E-state index in [9.17, 15) is 9.59 Å². The topological polar surface area (TPSA) is 69.6 Å². The van der Waals surface area contributed by atoms with E-state index in [-0.39, 0.29) is 17.0 Å². The summed E-state index contributed by atoms with van der Waals surface area (Å²) in [5.74, 6) is -1.04. The largest absolute Gasteiger partial charge is 0.477 e. The Labute approximate surface area is 104 Å². The molecule has 6 heteroatoms. The Morgan fingerprint density at radius 2 is 2.35 bits per heavy atom. The van der Waals surface area contributed by atoms with Gasteiger partial charge in [0, 0.05) is 4.91 Å². The molecule has 1 amide bonds. The summed E-state index contributed by atoms with van der Waals surface area (Å²) in [5.41, 5.74) is 0.223. The number of carboxylic acid groups (broad SMARTS) is 1. The van der Waals surface area contributed by atoms with Crippen LogP contribution in [0.3, 0.4) is 0 Å². The van der Waals surface area contributed by atoms with E-state index in [2.05, 4.69) is 5.32 Å². The average Bonchev–Trinajstić information content (AvgIpc) is 2.57. The van der Waals surface area contributed by atoms with E-state index in [1.807, 2.05) is 7.05 Å². The minimum Gasteiger partial charge on any atom is -0.477 e. The third-order valence-corrected chi connectivity index (χ3v) is 4.30. The number of nitrogens with one attached hydrogen (secondary N) is 1. The highest BCUT2D eigenvalue weighted by Crippen LogP contribution is 2.47. The molecule has 1 atom stereocenters. The molecular formula is C11H16N2O3S. The number of rotatable bonds is 6. The first kappa shape index (κ1) is 12.4. The number of hydrogen-bond donors (Lipinski definition) is 2. The summed E-state index contributed by atoms with van der Waals surface area (Å²) in [6, 6.07) is 0. The zero-order valence-electron chi connectivity index (χ0n) is 9.73. The molecule has 0 aromatic carbocycles. The molecule has 2 aliphatic heterocycles. The van der Waals surface area contributed by atoms with Gasteiger partial charge < -0.3 is 10.4 Å². The molecular weight excluding hydrogens is 240 g/mol. The summed E-state index contributed by atoms with van der Waals surface area (Å²) in [7, 11) is 1.90. The molecule has 0 saturated carbocycles. The van der Waals surface area contributed by atoms with Crippen molar-refractivity contribution in [2.75, 3.05) is 13.6 Å². The van der Waals surface area contributed by atoms with Gasteiger partial charge >= 0.3 is 5.97 Å². The van der Waals surface area contributed by atoms with Gasteiger partial charge in [0.05, 0.1) is 11.8 Å². The van der Waals surface area contributed by atoms with E-state index in [0.29, 0.717) is 6.42 Å². The van der Waals surface area contributed by atoms with Gasteiger partial charge in [0.2, 0.25) is 5.91 Å². The Morgan fingerprint density at radius 1 is 1.59 bits per heavy atom. The Bertz CT molecular complexity index is 381. The molecule has 2 heterocycles. The first-order valence-corrected chi connectivity index (χ1v) is 6.63. The van der Waals surface area contributed by atoms with Gasteiger partial charge in [-0.2, -0.15) is 0 Å². The van der Waals surface area contributed by atoms with Crippen LogP contribution < -0.4 is 5.32 Å². The van der Waals surface area contributed by atoms with Gasteiger partial charge in [0.15, 0.2) is 0 Å². The lowest BCUT2D eigenvalue weighted by atomic mass is 10.1. The molecule has 1 fully saturated rings. The van der Waals surface area contributed by atoms with Crippen molar-refractivity contribution in [3.63, 3.8) is 0 Å². The number of unbranched alkanes of at least 4 members (excludes halogenated alkanes) is 1. The van der Waals surface area contributed by atoms with Gasteiger partial charge in [-0.1, -0.05) is 0 Å². The fraction of sp³-hybridized carbons (Fsp3) is 0.636. The third-order valence-electron chi connectivity index (χ3n) is 2.97. The van der Waals surface area contributed by atoms with Crippen molar-refractivity contribution in [3.8, 4) is 0 Å². The minimum atomic E-state index is -0.975. The number of nitrogens with zero attached hydrogens (tertiary/aromatic N) is 1. The molecule has 2 N–H and O–H groups in total. The smallest absolute Gasteiger partial charge is 0.353 e. The molecule has 0 unspecified atom stereocenters. The summed E-state index contributed by atoms with van der Waals surface area (Å²) in [4.78, 5) is 24.8.